The molecule has 0 bridgehead atoms. The first-order chi connectivity index (χ1) is 28.7. The van der Waals surface area contributed by atoms with Gasteiger partial charge in [0.15, 0.2) is 11.2 Å². The van der Waals surface area contributed by atoms with Crippen molar-refractivity contribution in [3.05, 3.63) is 206 Å². The van der Waals surface area contributed by atoms with Gasteiger partial charge < -0.3 is 18.6 Å². The van der Waals surface area contributed by atoms with Crippen molar-refractivity contribution in [1.29, 1.82) is 0 Å². The van der Waals surface area contributed by atoms with Crippen molar-refractivity contribution in [2.75, 3.05) is 9.80 Å². The number of fused-ring (bicyclic) bond motifs is 5. The minimum absolute atomic E-state index is 0.611. The minimum atomic E-state index is 0.611. The quantitative estimate of drug-likeness (QED) is 0.144. The molecule has 58 heavy (non-hydrogen) atoms. The zero-order valence-electron chi connectivity index (χ0n) is 31.2. The van der Waals surface area contributed by atoms with Crippen LogP contribution in [0.1, 0.15) is 0 Å². The molecule has 2 aromatic heterocycles. The third-order valence-electron chi connectivity index (χ3n) is 10.7. The van der Waals surface area contributed by atoms with Crippen LogP contribution in [0.2, 0.25) is 0 Å². The second kappa shape index (κ2) is 14.0. The summed E-state index contributed by atoms with van der Waals surface area (Å²) >= 11 is 0. The van der Waals surface area contributed by atoms with Gasteiger partial charge in [0.25, 0.3) is 0 Å². The van der Waals surface area contributed by atoms with E-state index in [-0.39, 0.29) is 0 Å². The zero-order valence-corrected chi connectivity index (χ0v) is 31.2. The summed E-state index contributed by atoms with van der Waals surface area (Å²) in [5, 5.41) is 4.66. The molecular weight excluding hydrogens is 713 g/mol. The molecule has 11 rings (SSSR count). The normalized spacial score (nSPS) is 11.4. The van der Waals surface area contributed by atoms with E-state index in [9.17, 15) is 0 Å². The van der Waals surface area contributed by atoms with E-state index in [0.717, 1.165) is 78.2 Å². The highest BCUT2D eigenvalue weighted by atomic mass is 16.4. The standard InChI is InChI=1S/C52H34N4O2/c1-5-13-35(14-6-1)51-53-47-29-25-43(33-49(47)57-51)55(39-17-9-3-10-18-39)41-23-27-45-37(31-41)21-22-38-32-42(24-28-46(38)45)56(40-19-11-4-12-20-40)44-26-30-48-50(34-44)58-52(54-48)36-15-7-2-8-16-36/h1-34H. The molecule has 0 saturated heterocycles. The Labute approximate surface area is 334 Å². The molecule has 11 aromatic rings. The van der Waals surface area contributed by atoms with Crippen molar-refractivity contribution in [3.63, 3.8) is 0 Å². The number of oxazole rings is 2. The molecule has 0 spiro atoms. The summed E-state index contributed by atoms with van der Waals surface area (Å²) in [4.78, 5) is 14.1. The number of rotatable bonds is 8. The van der Waals surface area contributed by atoms with Crippen molar-refractivity contribution in [2.24, 2.45) is 0 Å². The van der Waals surface area contributed by atoms with Gasteiger partial charge in [-0.15, -0.1) is 0 Å². The van der Waals surface area contributed by atoms with Crippen molar-refractivity contribution < 1.29 is 8.83 Å². The summed E-state index contributed by atoms with van der Waals surface area (Å²) in [6.07, 6.45) is 0. The van der Waals surface area contributed by atoms with Crippen LogP contribution in [0.15, 0.2) is 215 Å². The van der Waals surface area contributed by atoms with Gasteiger partial charge in [-0.1, -0.05) is 97.1 Å². The van der Waals surface area contributed by atoms with Crippen LogP contribution >= 0.6 is 0 Å². The highest BCUT2D eigenvalue weighted by Gasteiger charge is 2.19. The highest BCUT2D eigenvalue weighted by molar-refractivity contribution is 6.10. The SMILES string of the molecule is c1ccc(-c2nc3ccc(N(c4ccccc4)c4ccc5c(ccc6cc(N(c7ccccc7)c7ccc8nc(-c9ccccc9)oc8c7)ccc65)c4)cc3o2)cc1. The molecule has 0 fully saturated rings. The fourth-order valence-electron chi connectivity index (χ4n) is 7.89. The van der Waals surface area contributed by atoms with Gasteiger partial charge in [0.2, 0.25) is 11.8 Å². The number of aromatic nitrogens is 2. The molecular formula is C52H34N4O2. The lowest BCUT2D eigenvalue weighted by molar-refractivity contribution is 0.619. The highest BCUT2D eigenvalue weighted by Crippen LogP contribution is 2.42. The molecule has 6 nitrogen and oxygen atoms in total. The van der Waals surface area contributed by atoms with E-state index < -0.39 is 0 Å². The molecule has 0 aliphatic carbocycles. The second-order valence-electron chi connectivity index (χ2n) is 14.3. The third-order valence-corrected chi connectivity index (χ3v) is 10.7. The number of hydrogen-bond acceptors (Lipinski definition) is 6. The van der Waals surface area contributed by atoms with Crippen LogP contribution in [0.5, 0.6) is 0 Å². The summed E-state index contributed by atoms with van der Waals surface area (Å²) in [5.74, 6) is 1.22. The largest absolute Gasteiger partial charge is 0.436 e. The molecule has 0 N–H and O–H groups in total. The van der Waals surface area contributed by atoms with Crippen molar-refractivity contribution in [1.82, 2.24) is 9.97 Å². The van der Waals surface area contributed by atoms with Crippen molar-refractivity contribution in [2.45, 2.75) is 0 Å². The van der Waals surface area contributed by atoms with E-state index >= 15 is 0 Å². The van der Waals surface area contributed by atoms with Crippen LogP contribution in [0.25, 0.3) is 66.7 Å². The molecule has 0 amide bonds. The summed E-state index contributed by atoms with van der Waals surface area (Å²) in [7, 11) is 0. The first kappa shape index (κ1) is 33.4. The van der Waals surface area contributed by atoms with E-state index in [1.54, 1.807) is 0 Å². The van der Waals surface area contributed by atoms with E-state index in [1.807, 2.05) is 84.9 Å². The Morgan fingerprint density at radius 3 is 1.09 bits per heavy atom. The van der Waals surface area contributed by atoms with Crippen LogP contribution in [-0.2, 0) is 0 Å². The lowest BCUT2D eigenvalue weighted by atomic mass is 10.00. The number of para-hydroxylation sites is 2. The second-order valence-corrected chi connectivity index (χ2v) is 14.3. The van der Waals surface area contributed by atoms with Crippen LogP contribution in [-0.4, -0.2) is 9.97 Å². The Bertz CT molecular complexity index is 3010. The third kappa shape index (κ3) is 6.01. The van der Waals surface area contributed by atoms with Crippen molar-refractivity contribution >= 4 is 77.9 Å². The number of hydrogen-bond donors (Lipinski definition) is 0. The van der Waals surface area contributed by atoms with E-state index in [1.165, 1.54) is 10.8 Å². The Morgan fingerprint density at radius 1 is 0.310 bits per heavy atom. The number of nitrogens with zero attached hydrogens (tertiary/aromatic N) is 4. The zero-order chi connectivity index (χ0) is 38.4. The average molecular weight is 747 g/mol. The van der Waals surface area contributed by atoms with Crippen LogP contribution in [0, 0.1) is 0 Å². The Morgan fingerprint density at radius 2 is 0.672 bits per heavy atom. The topological polar surface area (TPSA) is 58.5 Å². The van der Waals surface area contributed by atoms with Crippen molar-refractivity contribution in [3.8, 4) is 22.9 Å². The molecule has 274 valence electrons. The molecule has 0 saturated carbocycles. The molecule has 0 unspecified atom stereocenters. The van der Waals surface area contributed by atoms with Gasteiger partial charge in [-0.05, 0) is 119 Å². The van der Waals surface area contributed by atoms with Gasteiger partial charge in [0.05, 0.1) is 0 Å². The monoisotopic (exact) mass is 746 g/mol. The van der Waals surface area contributed by atoms with E-state index in [0.29, 0.717) is 11.8 Å². The molecule has 0 atom stereocenters. The van der Waals surface area contributed by atoms with Gasteiger partial charge in [-0.25, -0.2) is 9.97 Å². The maximum absolute atomic E-state index is 6.31. The number of benzene rings is 9. The van der Waals surface area contributed by atoms with E-state index in [2.05, 4.69) is 131 Å². The molecule has 0 radical (unpaired) electrons. The Hall–Kier alpha value is -7.96. The summed E-state index contributed by atoms with van der Waals surface area (Å²) < 4.78 is 12.6. The summed E-state index contributed by atoms with van der Waals surface area (Å²) in [6.45, 7) is 0. The van der Waals surface area contributed by atoms with Crippen LogP contribution in [0.3, 0.4) is 0 Å². The molecule has 6 heteroatoms. The lowest BCUT2D eigenvalue weighted by Crippen LogP contribution is -2.10. The van der Waals surface area contributed by atoms with Gasteiger partial charge in [0.1, 0.15) is 11.0 Å². The molecule has 2 heterocycles. The average Bonchev–Trinajstić information content (AvgIpc) is 3.92. The Kier molecular flexibility index (Phi) is 8.04. The van der Waals surface area contributed by atoms with Gasteiger partial charge in [-0.2, -0.15) is 0 Å². The number of anilines is 6. The fourth-order valence-corrected chi connectivity index (χ4v) is 7.89. The van der Waals surface area contributed by atoms with Gasteiger partial charge in [0, 0.05) is 57.4 Å². The summed E-state index contributed by atoms with van der Waals surface area (Å²) in [5.41, 5.74) is 11.2. The van der Waals surface area contributed by atoms with Gasteiger partial charge in [-0.3, -0.25) is 0 Å². The van der Waals surface area contributed by atoms with Crippen LogP contribution < -0.4 is 9.80 Å². The molecule has 9 aromatic carbocycles. The van der Waals surface area contributed by atoms with Crippen LogP contribution in [0.4, 0.5) is 34.1 Å². The smallest absolute Gasteiger partial charge is 0.227 e. The predicted molar refractivity (Wildman–Crippen MR) is 237 cm³/mol. The Balaban J connectivity index is 0.976. The van der Waals surface area contributed by atoms with Gasteiger partial charge >= 0.3 is 0 Å². The maximum atomic E-state index is 6.31. The minimum Gasteiger partial charge on any atom is -0.436 e. The first-order valence-electron chi connectivity index (χ1n) is 19.3. The lowest BCUT2D eigenvalue weighted by Gasteiger charge is -2.26. The molecule has 0 aliphatic heterocycles. The molecule has 0 aliphatic rings. The predicted octanol–water partition coefficient (Wildman–Crippen LogP) is 14.5. The van der Waals surface area contributed by atoms with E-state index in [4.69, 9.17) is 18.8 Å². The first-order valence-corrected chi connectivity index (χ1v) is 19.3. The maximum Gasteiger partial charge on any atom is 0.227 e. The summed E-state index contributed by atoms with van der Waals surface area (Å²) in [6, 6.07) is 71.2. The fraction of sp³-hybridized carbons (Fsp3) is 0.